The number of allylic oxidation sites excluding steroid dienone is 1. The lowest BCUT2D eigenvalue weighted by Gasteiger charge is -2.28. The fourth-order valence-electron chi connectivity index (χ4n) is 2.47. The van der Waals surface area contributed by atoms with Crippen molar-refractivity contribution >= 4 is 11.7 Å². The van der Waals surface area contributed by atoms with Gasteiger partial charge in [-0.1, -0.05) is 29.3 Å². The molecule has 1 aliphatic carbocycles. The SMILES string of the molecule is O=C(Nc1ccccc1)N1CCC(=C2CC2)CC1. The van der Waals surface area contributed by atoms with E-state index in [9.17, 15) is 4.79 Å². The molecule has 1 N–H and O–H groups in total. The number of para-hydroxylation sites is 1. The number of hydrogen-bond acceptors (Lipinski definition) is 1. The van der Waals surface area contributed by atoms with Crippen LogP contribution in [0.5, 0.6) is 0 Å². The van der Waals surface area contributed by atoms with Crippen molar-refractivity contribution in [2.75, 3.05) is 18.4 Å². The molecule has 1 aromatic carbocycles. The number of urea groups is 1. The first-order valence-corrected chi connectivity index (χ1v) is 6.64. The van der Waals surface area contributed by atoms with E-state index < -0.39 is 0 Å². The van der Waals surface area contributed by atoms with Crippen LogP contribution in [0.15, 0.2) is 41.5 Å². The van der Waals surface area contributed by atoms with Crippen molar-refractivity contribution < 1.29 is 4.79 Å². The zero-order valence-corrected chi connectivity index (χ0v) is 10.5. The molecule has 18 heavy (non-hydrogen) atoms. The molecule has 0 aromatic heterocycles. The molecule has 0 radical (unpaired) electrons. The highest BCUT2D eigenvalue weighted by Crippen LogP contribution is 2.36. The molecule has 3 heteroatoms. The van der Waals surface area contributed by atoms with Crippen molar-refractivity contribution in [3.8, 4) is 0 Å². The van der Waals surface area contributed by atoms with Gasteiger partial charge in [-0.15, -0.1) is 0 Å². The van der Waals surface area contributed by atoms with Crippen LogP contribution in [-0.2, 0) is 0 Å². The Hall–Kier alpha value is -1.77. The average molecular weight is 242 g/mol. The van der Waals surface area contributed by atoms with Crippen LogP contribution in [0.3, 0.4) is 0 Å². The number of likely N-dealkylation sites (tertiary alicyclic amines) is 1. The highest BCUT2D eigenvalue weighted by molar-refractivity contribution is 5.89. The average Bonchev–Trinajstić information content (AvgIpc) is 3.24. The van der Waals surface area contributed by atoms with Gasteiger partial charge in [0.1, 0.15) is 0 Å². The van der Waals surface area contributed by atoms with Crippen molar-refractivity contribution in [1.29, 1.82) is 0 Å². The molecule has 2 aliphatic rings. The number of nitrogens with zero attached hydrogens (tertiary/aromatic N) is 1. The van der Waals surface area contributed by atoms with Gasteiger partial charge in [-0.05, 0) is 37.8 Å². The number of benzene rings is 1. The Balaban J connectivity index is 1.56. The molecule has 2 amide bonds. The Morgan fingerprint density at radius 3 is 2.17 bits per heavy atom. The molecule has 1 aromatic rings. The Morgan fingerprint density at radius 2 is 1.56 bits per heavy atom. The van der Waals surface area contributed by atoms with Crippen LogP contribution in [-0.4, -0.2) is 24.0 Å². The van der Waals surface area contributed by atoms with E-state index in [4.69, 9.17) is 0 Å². The Morgan fingerprint density at radius 1 is 0.944 bits per heavy atom. The van der Waals surface area contributed by atoms with Crippen LogP contribution in [0.1, 0.15) is 25.7 Å². The largest absolute Gasteiger partial charge is 0.324 e. The Kier molecular flexibility index (Phi) is 3.05. The molecule has 0 atom stereocenters. The number of anilines is 1. The van der Waals surface area contributed by atoms with Crippen molar-refractivity contribution in [1.82, 2.24) is 4.90 Å². The van der Waals surface area contributed by atoms with Gasteiger partial charge >= 0.3 is 6.03 Å². The van der Waals surface area contributed by atoms with Crippen LogP contribution < -0.4 is 5.32 Å². The Labute approximate surface area is 107 Å². The lowest BCUT2D eigenvalue weighted by Crippen LogP contribution is -2.39. The maximum atomic E-state index is 12.1. The molecule has 1 aliphatic heterocycles. The first kappa shape index (κ1) is 11.3. The van der Waals surface area contributed by atoms with Gasteiger partial charge in [0.2, 0.25) is 0 Å². The normalized spacial score (nSPS) is 18.8. The summed E-state index contributed by atoms with van der Waals surface area (Å²) in [6.07, 6.45) is 4.73. The third kappa shape index (κ3) is 2.55. The number of amides is 2. The number of carbonyl (C=O) groups excluding carboxylic acids is 1. The minimum Gasteiger partial charge on any atom is -0.324 e. The van der Waals surface area contributed by atoms with E-state index >= 15 is 0 Å². The van der Waals surface area contributed by atoms with Gasteiger partial charge in [0.15, 0.2) is 0 Å². The number of hydrogen-bond donors (Lipinski definition) is 1. The first-order valence-electron chi connectivity index (χ1n) is 6.64. The van der Waals surface area contributed by atoms with E-state index in [2.05, 4.69) is 5.32 Å². The molecule has 0 spiro atoms. The van der Waals surface area contributed by atoms with Crippen molar-refractivity contribution in [3.05, 3.63) is 41.5 Å². The number of rotatable bonds is 1. The fraction of sp³-hybridized carbons (Fsp3) is 0.400. The lowest BCUT2D eigenvalue weighted by molar-refractivity contribution is 0.207. The van der Waals surface area contributed by atoms with Crippen molar-refractivity contribution in [2.45, 2.75) is 25.7 Å². The lowest BCUT2D eigenvalue weighted by atomic mass is 10.0. The molecule has 3 rings (SSSR count). The summed E-state index contributed by atoms with van der Waals surface area (Å²) in [6.45, 7) is 1.72. The summed E-state index contributed by atoms with van der Waals surface area (Å²) in [7, 11) is 0. The second kappa shape index (κ2) is 4.84. The van der Waals surface area contributed by atoms with Gasteiger partial charge in [-0.25, -0.2) is 4.79 Å². The first-order chi connectivity index (χ1) is 8.83. The van der Waals surface area contributed by atoms with E-state index in [0.717, 1.165) is 31.6 Å². The summed E-state index contributed by atoms with van der Waals surface area (Å²) >= 11 is 0. The summed E-state index contributed by atoms with van der Waals surface area (Å²) in [4.78, 5) is 14.0. The van der Waals surface area contributed by atoms with Gasteiger partial charge in [0.05, 0.1) is 0 Å². The zero-order valence-electron chi connectivity index (χ0n) is 10.5. The fourth-order valence-corrected chi connectivity index (χ4v) is 2.47. The topological polar surface area (TPSA) is 32.3 Å². The molecule has 1 saturated heterocycles. The maximum Gasteiger partial charge on any atom is 0.321 e. The summed E-state index contributed by atoms with van der Waals surface area (Å²) in [5, 5.41) is 2.94. The van der Waals surface area contributed by atoms with E-state index in [1.54, 1.807) is 11.1 Å². The van der Waals surface area contributed by atoms with Crippen LogP contribution in [0.25, 0.3) is 0 Å². The minimum atomic E-state index is 0.0287. The van der Waals surface area contributed by atoms with E-state index in [-0.39, 0.29) is 6.03 Å². The number of carbonyl (C=O) groups is 1. The van der Waals surface area contributed by atoms with Crippen LogP contribution in [0, 0.1) is 0 Å². The van der Waals surface area contributed by atoms with Gasteiger partial charge in [0.25, 0.3) is 0 Å². The second-order valence-corrected chi connectivity index (χ2v) is 4.99. The summed E-state index contributed by atoms with van der Waals surface area (Å²) < 4.78 is 0. The zero-order chi connectivity index (χ0) is 12.4. The molecule has 2 fully saturated rings. The number of piperidine rings is 1. The number of nitrogens with one attached hydrogen (secondary N) is 1. The van der Waals surface area contributed by atoms with Gasteiger partial charge in [-0.3, -0.25) is 0 Å². The summed E-state index contributed by atoms with van der Waals surface area (Å²) in [6, 6.07) is 9.67. The van der Waals surface area contributed by atoms with Crippen LogP contribution >= 0.6 is 0 Å². The molecule has 1 saturated carbocycles. The van der Waals surface area contributed by atoms with Gasteiger partial charge < -0.3 is 10.2 Å². The van der Waals surface area contributed by atoms with E-state index in [1.165, 1.54) is 12.8 Å². The smallest absolute Gasteiger partial charge is 0.321 e. The highest BCUT2D eigenvalue weighted by Gasteiger charge is 2.24. The highest BCUT2D eigenvalue weighted by atomic mass is 16.2. The minimum absolute atomic E-state index is 0.0287. The van der Waals surface area contributed by atoms with E-state index in [0.29, 0.717) is 0 Å². The molecule has 1 heterocycles. The monoisotopic (exact) mass is 242 g/mol. The molecule has 0 bridgehead atoms. The van der Waals surface area contributed by atoms with E-state index in [1.807, 2.05) is 35.2 Å². The predicted octanol–water partition coefficient (Wildman–Crippen LogP) is 3.40. The molecular formula is C15H18N2O. The van der Waals surface area contributed by atoms with Gasteiger partial charge in [-0.2, -0.15) is 0 Å². The standard InChI is InChI=1S/C15H18N2O/c18-15(16-14-4-2-1-3-5-14)17-10-8-13(9-11-17)12-6-7-12/h1-5H,6-11H2,(H,16,18). The Bertz CT molecular complexity index is 463. The van der Waals surface area contributed by atoms with Crippen molar-refractivity contribution in [2.24, 2.45) is 0 Å². The van der Waals surface area contributed by atoms with Crippen molar-refractivity contribution in [3.63, 3.8) is 0 Å². The van der Waals surface area contributed by atoms with Crippen LogP contribution in [0.4, 0.5) is 10.5 Å². The quantitative estimate of drug-likeness (QED) is 0.752. The third-order valence-corrected chi connectivity index (χ3v) is 3.68. The predicted molar refractivity (Wildman–Crippen MR) is 72.5 cm³/mol. The van der Waals surface area contributed by atoms with Gasteiger partial charge in [0, 0.05) is 18.8 Å². The third-order valence-electron chi connectivity index (χ3n) is 3.68. The maximum absolute atomic E-state index is 12.1. The molecule has 94 valence electrons. The summed E-state index contributed by atoms with van der Waals surface area (Å²) in [5.41, 5.74) is 4.13. The molecular weight excluding hydrogens is 224 g/mol. The van der Waals surface area contributed by atoms with Crippen LogP contribution in [0.2, 0.25) is 0 Å². The molecule has 3 nitrogen and oxygen atoms in total. The summed E-state index contributed by atoms with van der Waals surface area (Å²) in [5.74, 6) is 0. The second-order valence-electron chi connectivity index (χ2n) is 4.99. The molecule has 0 unspecified atom stereocenters.